The third kappa shape index (κ3) is 7.42. The minimum atomic E-state index is -4.13. The lowest BCUT2D eigenvalue weighted by Crippen LogP contribution is -2.14. The van der Waals surface area contributed by atoms with E-state index in [-0.39, 0.29) is 39.0 Å². The highest BCUT2D eigenvalue weighted by Gasteiger charge is 2.23. The first-order valence-electron chi connectivity index (χ1n) is 15.0. The first kappa shape index (κ1) is 32.9. The lowest BCUT2D eigenvalue weighted by Gasteiger charge is -2.14. The molecule has 244 valence electrons. The largest absolute Gasteiger partial charge is 0.478 e. The molecule has 0 heterocycles. The van der Waals surface area contributed by atoms with Gasteiger partial charge in [0.1, 0.15) is 23.9 Å². The second-order valence-electron chi connectivity index (χ2n) is 10.8. The molecule has 6 aromatic carbocycles. The average Bonchev–Trinajstić information content (AvgIpc) is 3.13. The van der Waals surface area contributed by atoms with Gasteiger partial charge in [-0.15, -0.1) is 0 Å². The zero-order chi connectivity index (χ0) is 34.4. The molecule has 0 spiro atoms. The van der Waals surface area contributed by atoms with Gasteiger partial charge in [0.15, 0.2) is 0 Å². The topological polar surface area (TPSA) is 136 Å². The summed E-state index contributed by atoms with van der Waals surface area (Å²) in [5.74, 6) is -1.78. The van der Waals surface area contributed by atoms with Crippen molar-refractivity contribution in [2.24, 2.45) is 0 Å². The van der Waals surface area contributed by atoms with E-state index in [4.69, 9.17) is 9.47 Å². The summed E-state index contributed by atoms with van der Waals surface area (Å²) < 4.78 is 38.9. The van der Waals surface area contributed by atoms with Gasteiger partial charge in [0.05, 0.1) is 20.9 Å². The van der Waals surface area contributed by atoms with E-state index in [1.165, 1.54) is 54.6 Å². The second kappa shape index (κ2) is 14.4. The molecule has 49 heavy (non-hydrogen) atoms. The number of sulfone groups is 1. The quantitative estimate of drug-likeness (QED) is 0.0600. The monoisotopic (exact) mass is 672 g/mol. The van der Waals surface area contributed by atoms with Crippen LogP contribution >= 0.6 is 0 Å². The number of aromatic carboxylic acids is 1. The molecule has 0 saturated carbocycles. The molecule has 2 N–H and O–H groups in total. The van der Waals surface area contributed by atoms with E-state index in [1.807, 2.05) is 72.8 Å². The Balaban J connectivity index is 1.23. The van der Waals surface area contributed by atoms with Crippen LogP contribution in [0.4, 0.5) is 0 Å². The molecule has 0 aliphatic heterocycles. The van der Waals surface area contributed by atoms with Crippen molar-refractivity contribution in [3.8, 4) is 39.5 Å². The van der Waals surface area contributed by atoms with Crippen molar-refractivity contribution in [3.05, 3.63) is 162 Å². The molecule has 0 amide bonds. The first-order valence-corrected chi connectivity index (χ1v) is 16.4. The van der Waals surface area contributed by atoms with Crippen LogP contribution in [-0.4, -0.2) is 30.7 Å². The molecule has 0 fully saturated rings. The molecule has 0 aliphatic carbocycles. The highest BCUT2D eigenvalue weighted by Crippen LogP contribution is 2.33. The molecule has 9 nitrogen and oxygen atoms in total. The third-order valence-electron chi connectivity index (χ3n) is 7.63. The number of carbonyl (C=O) groups excluding carboxylic acids is 1. The Morgan fingerprint density at radius 3 is 1.76 bits per heavy atom. The van der Waals surface area contributed by atoms with E-state index < -0.39 is 21.8 Å². The average molecular weight is 673 g/mol. The second-order valence-corrected chi connectivity index (χ2v) is 12.8. The minimum Gasteiger partial charge on any atom is -0.478 e. The van der Waals surface area contributed by atoms with Gasteiger partial charge in [-0.05, 0) is 82.9 Å². The standard InChI is InChI=1S/C39H28O9S/c40-38(41)36-22-29(27-11-5-2-6-12-27)17-19-35(36)39(42)48-32-14-8-16-34(24-32)49(44,45)33-15-7-13-31(23-33)47-37-20-18-28(21-30(37)25-46-43)26-9-3-1-4-10-26/h1-24,43H,25H2,(H,40,41). The lowest BCUT2D eigenvalue weighted by atomic mass is 9.99. The molecule has 10 heteroatoms. The van der Waals surface area contributed by atoms with E-state index >= 15 is 0 Å². The van der Waals surface area contributed by atoms with Crippen LogP contribution in [0.3, 0.4) is 0 Å². The van der Waals surface area contributed by atoms with Crippen molar-refractivity contribution in [2.75, 3.05) is 0 Å². The Labute approximate surface area is 282 Å². The van der Waals surface area contributed by atoms with Crippen LogP contribution in [0.2, 0.25) is 0 Å². The van der Waals surface area contributed by atoms with Gasteiger partial charge >= 0.3 is 11.9 Å². The molecule has 6 aromatic rings. The smallest absolute Gasteiger partial charge is 0.344 e. The van der Waals surface area contributed by atoms with Crippen LogP contribution in [0.5, 0.6) is 17.2 Å². The molecular formula is C39H28O9S. The van der Waals surface area contributed by atoms with Gasteiger partial charge in [0.25, 0.3) is 0 Å². The molecule has 0 radical (unpaired) electrons. The highest BCUT2D eigenvalue weighted by molar-refractivity contribution is 7.91. The molecule has 0 unspecified atom stereocenters. The lowest BCUT2D eigenvalue weighted by molar-refractivity contribution is -0.253. The number of rotatable bonds is 11. The van der Waals surface area contributed by atoms with Gasteiger partial charge in [-0.25, -0.2) is 22.9 Å². The normalized spacial score (nSPS) is 11.1. The van der Waals surface area contributed by atoms with Gasteiger partial charge < -0.3 is 14.6 Å². The summed E-state index contributed by atoms with van der Waals surface area (Å²) in [6.45, 7) is -0.162. The predicted octanol–water partition coefficient (Wildman–Crippen LogP) is 8.55. The van der Waals surface area contributed by atoms with Gasteiger partial charge in [-0.3, -0.25) is 5.26 Å². The number of benzene rings is 6. The Kier molecular flexibility index (Phi) is 9.63. The summed E-state index contributed by atoms with van der Waals surface area (Å²) in [6, 6.07) is 39.7. The maximum absolute atomic E-state index is 13.7. The summed E-state index contributed by atoms with van der Waals surface area (Å²) in [5, 5.41) is 19.0. The summed E-state index contributed by atoms with van der Waals surface area (Å²) >= 11 is 0. The van der Waals surface area contributed by atoms with E-state index in [0.717, 1.165) is 16.7 Å². The maximum Gasteiger partial charge on any atom is 0.344 e. The first-order chi connectivity index (χ1) is 23.7. The molecular weight excluding hydrogens is 644 g/mol. The third-order valence-corrected chi connectivity index (χ3v) is 9.38. The fourth-order valence-electron chi connectivity index (χ4n) is 5.22. The number of carboxylic acid groups (broad SMARTS) is 1. The van der Waals surface area contributed by atoms with Crippen molar-refractivity contribution in [3.63, 3.8) is 0 Å². The summed E-state index contributed by atoms with van der Waals surface area (Å²) in [7, 11) is -4.13. The minimum absolute atomic E-state index is 0.0843. The molecule has 0 aliphatic rings. The van der Waals surface area contributed by atoms with Crippen LogP contribution in [0.25, 0.3) is 22.3 Å². The fourth-order valence-corrected chi connectivity index (χ4v) is 6.55. The Morgan fingerprint density at radius 1 is 0.571 bits per heavy atom. The van der Waals surface area contributed by atoms with Crippen LogP contribution in [0, 0.1) is 0 Å². The summed E-state index contributed by atoms with van der Waals surface area (Å²) in [6.07, 6.45) is 0. The molecule has 0 saturated heterocycles. The van der Waals surface area contributed by atoms with Crippen LogP contribution in [0.15, 0.2) is 155 Å². The maximum atomic E-state index is 13.7. The van der Waals surface area contributed by atoms with Crippen LogP contribution in [0.1, 0.15) is 26.3 Å². The number of hydrogen-bond acceptors (Lipinski definition) is 8. The Bertz CT molecular complexity index is 2250. The van der Waals surface area contributed by atoms with Crippen LogP contribution in [-0.2, 0) is 21.3 Å². The van der Waals surface area contributed by atoms with Crippen molar-refractivity contribution < 1.29 is 42.7 Å². The number of carboxylic acids is 1. The number of hydrogen-bond donors (Lipinski definition) is 2. The van der Waals surface area contributed by atoms with E-state index in [2.05, 4.69) is 4.89 Å². The zero-order valence-corrected chi connectivity index (χ0v) is 26.5. The fraction of sp³-hybridized carbons (Fsp3) is 0.0256. The van der Waals surface area contributed by atoms with Crippen molar-refractivity contribution in [1.29, 1.82) is 0 Å². The van der Waals surface area contributed by atoms with Gasteiger partial charge in [-0.2, -0.15) is 0 Å². The Hall–Kier alpha value is -6.07. The molecule has 6 rings (SSSR count). The van der Waals surface area contributed by atoms with E-state index in [0.29, 0.717) is 16.9 Å². The highest BCUT2D eigenvalue weighted by atomic mass is 32.2. The van der Waals surface area contributed by atoms with Crippen LogP contribution < -0.4 is 9.47 Å². The molecule has 0 aromatic heterocycles. The van der Waals surface area contributed by atoms with Crippen molar-refractivity contribution in [1.82, 2.24) is 0 Å². The van der Waals surface area contributed by atoms with E-state index in [9.17, 15) is 28.4 Å². The van der Waals surface area contributed by atoms with Gasteiger partial charge in [0.2, 0.25) is 9.84 Å². The zero-order valence-electron chi connectivity index (χ0n) is 25.7. The number of carbonyl (C=O) groups is 2. The Morgan fingerprint density at radius 2 is 1.14 bits per heavy atom. The van der Waals surface area contributed by atoms with Crippen molar-refractivity contribution >= 4 is 21.8 Å². The van der Waals surface area contributed by atoms with Gasteiger partial charge in [0, 0.05) is 5.56 Å². The molecule has 0 bridgehead atoms. The molecule has 0 atom stereocenters. The predicted molar refractivity (Wildman–Crippen MR) is 182 cm³/mol. The van der Waals surface area contributed by atoms with Crippen molar-refractivity contribution in [2.45, 2.75) is 16.4 Å². The summed E-state index contributed by atoms with van der Waals surface area (Å²) in [4.78, 5) is 29.4. The summed E-state index contributed by atoms with van der Waals surface area (Å²) in [5.41, 5.74) is 3.31. The SMILES string of the molecule is O=C(O)c1cc(-c2ccccc2)ccc1C(=O)Oc1cccc(S(=O)(=O)c2cccc(Oc3ccc(-c4ccccc4)cc3COO)c2)c1. The van der Waals surface area contributed by atoms with E-state index in [1.54, 1.807) is 18.2 Å². The number of esters is 1. The number of ether oxygens (including phenoxy) is 2. The van der Waals surface area contributed by atoms with Gasteiger partial charge in [-0.1, -0.05) is 84.9 Å².